The van der Waals surface area contributed by atoms with Crippen molar-refractivity contribution in [2.24, 2.45) is 11.5 Å². The first-order chi connectivity index (χ1) is 7.50. The zero-order valence-corrected chi connectivity index (χ0v) is 8.72. The molecule has 0 aliphatic carbocycles. The average molecular weight is 222 g/mol. The van der Waals surface area contributed by atoms with Gasteiger partial charge < -0.3 is 16.6 Å². The molecule has 0 radical (unpaired) electrons. The third-order valence-corrected chi connectivity index (χ3v) is 2.24. The molecule has 16 heavy (non-hydrogen) atoms. The Bertz CT molecular complexity index is 387. The molecule has 0 aliphatic rings. The lowest BCUT2D eigenvalue weighted by Crippen LogP contribution is -2.36. The van der Waals surface area contributed by atoms with Crippen molar-refractivity contribution in [2.75, 3.05) is 0 Å². The summed E-state index contributed by atoms with van der Waals surface area (Å²) in [5.41, 5.74) is 10.9. The Morgan fingerprint density at radius 2 is 1.81 bits per heavy atom. The van der Waals surface area contributed by atoms with Gasteiger partial charge in [0.1, 0.15) is 5.75 Å². The number of phenols is 1. The number of primary amides is 1. The number of phenolic OH excluding ortho intramolecular Hbond substituents is 1. The minimum absolute atomic E-state index is 0.102. The number of Topliss-reactive ketones (excluding diaryl/α,β-unsaturated/α-hetero) is 1. The SMILES string of the molecule is NC(=O)[C@@H](N)CCC(=O)c1ccc(O)cc1. The van der Waals surface area contributed by atoms with E-state index in [-0.39, 0.29) is 24.4 Å². The van der Waals surface area contributed by atoms with Crippen LogP contribution < -0.4 is 11.5 Å². The van der Waals surface area contributed by atoms with Gasteiger partial charge in [-0.3, -0.25) is 9.59 Å². The highest BCUT2D eigenvalue weighted by molar-refractivity contribution is 5.96. The second-order valence-electron chi connectivity index (χ2n) is 3.52. The molecular weight excluding hydrogens is 208 g/mol. The van der Waals surface area contributed by atoms with Crippen LogP contribution in [0.5, 0.6) is 5.75 Å². The third-order valence-electron chi connectivity index (χ3n) is 2.24. The molecule has 1 amide bonds. The maximum Gasteiger partial charge on any atom is 0.234 e. The van der Waals surface area contributed by atoms with Gasteiger partial charge in [-0.05, 0) is 30.7 Å². The number of nitrogens with two attached hydrogens (primary N) is 2. The summed E-state index contributed by atoms with van der Waals surface area (Å²) < 4.78 is 0. The first-order valence-corrected chi connectivity index (χ1v) is 4.88. The quantitative estimate of drug-likeness (QED) is 0.617. The van der Waals surface area contributed by atoms with E-state index in [0.29, 0.717) is 5.56 Å². The van der Waals surface area contributed by atoms with Crippen LogP contribution in [0.4, 0.5) is 0 Å². The summed E-state index contributed by atoms with van der Waals surface area (Å²) in [5, 5.41) is 9.04. The van der Waals surface area contributed by atoms with Gasteiger partial charge in [-0.15, -0.1) is 0 Å². The van der Waals surface area contributed by atoms with Gasteiger partial charge in [0.05, 0.1) is 6.04 Å². The molecule has 1 aromatic rings. The number of benzene rings is 1. The van der Waals surface area contributed by atoms with E-state index >= 15 is 0 Å². The van der Waals surface area contributed by atoms with Crippen LogP contribution in [0.3, 0.4) is 0 Å². The summed E-state index contributed by atoms with van der Waals surface area (Å²) in [6.45, 7) is 0. The summed E-state index contributed by atoms with van der Waals surface area (Å²) in [4.78, 5) is 22.2. The number of amides is 1. The van der Waals surface area contributed by atoms with Gasteiger partial charge in [-0.1, -0.05) is 0 Å². The van der Waals surface area contributed by atoms with Gasteiger partial charge >= 0.3 is 0 Å². The molecule has 0 spiro atoms. The summed E-state index contributed by atoms with van der Waals surface area (Å²) >= 11 is 0. The highest BCUT2D eigenvalue weighted by atomic mass is 16.3. The fourth-order valence-electron chi connectivity index (χ4n) is 1.22. The number of rotatable bonds is 5. The molecule has 0 saturated heterocycles. The van der Waals surface area contributed by atoms with Crippen molar-refractivity contribution in [3.05, 3.63) is 29.8 Å². The number of aromatic hydroxyl groups is 1. The number of carbonyl (C=O) groups is 2. The molecule has 0 aromatic heterocycles. The maximum absolute atomic E-state index is 11.6. The smallest absolute Gasteiger partial charge is 0.234 e. The van der Waals surface area contributed by atoms with Crippen molar-refractivity contribution in [1.29, 1.82) is 0 Å². The third kappa shape index (κ3) is 3.36. The molecule has 86 valence electrons. The lowest BCUT2D eigenvalue weighted by atomic mass is 10.0. The molecule has 0 heterocycles. The highest BCUT2D eigenvalue weighted by Crippen LogP contribution is 2.12. The van der Waals surface area contributed by atoms with Crippen molar-refractivity contribution >= 4 is 11.7 Å². The summed E-state index contributed by atoms with van der Waals surface area (Å²) in [7, 11) is 0. The summed E-state index contributed by atoms with van der Waals surface area (Å²) in [5.74, 6) is -0.638. The van der Waals surface area contributed by atoms with Crippen LogP contribution in [-0.4, -0.2) is 22.8 Å². The van der Waals surface area contributed by atoms with Crippen LogP contribution in [0.1, 0.15) is 23.2 Å². The van der Waals surface area contributed by atoms with Crippen LogP contribution in [0, 0.1) is 0 Å². The van der Waals surface area contributed by atoms with Crippen LogP contribution in [0.2, 0.25) is 0 Å². The fraction of sp³-hybridized carbons (Fsp3) is 0.273. The largest absolute Gasteiger partial charge is 0.508 e. The minimum Gasteiger partial charge on any atom is -0.508 e. The van der Waals surface area contributed by atoms with Gasteiger partial charge in [-0.25, -0.2) is 0 Å². The van der Waals surface area contributed by atoms with E-state index in [0.717, 1.165) is 0 Å². The molecule has 1 aromatic carbocycles. The molecule has 5 N–H and O–H groups in total. The molecule has 5 nitrogen and oxygen atoms in total. The average Bonchev–Trinajstić information content (AvgIpc) is 2.26. The van der Waals surface area contributed by atoms with Crippen LogP contribution in [0.15, 0.2) is 24.3 Å². The molecule has 0 saturated carbocycles. The standard InChI is InChI=1S/C11H14N2O3/c12-9(11(13)16)5-6-10(15)7-1-3-8(14)4-2-7/h1-4,9,14H,5-6,12H2,(H2,13,16)/t9-/m0/s1. The van der Waals surface area contributed by atoms with Gasteiger partial charge in [0.15, 0.2) is 5.78 Å². The van der Waals surface area contributed by atoms with Crippen molar-refractivity contribution in [1.82, 2.24) is 0 Å². The molecule has 0 bridgehead atoms. The van der Waals surface area contributed by atoms with E-state index in [1.165, 1.54) is 24.3 Å². The molecule has 1 atom stereocenters. The molecule has 1 rings (SSSR count). The second kappa shape index (κ2) is 5.27. The van der Waals surface area contributed by atoms with Crippen molar-refractivity contribution < 1.29 is 14.7 Å². The lowest BCUT2D eigenvalue weighted by Gasteiger charge is -2.06. The lowest BCUT2D eigenvalue weighted by molar-refractivity contribution is -0.119. The monoisotopic (exact) mass is 222 g/mol. The normalized spacial score (nSPS) is 12.1. The van der Waals surface area contributed by atoms with Gasteiger partial charge in [0.25, 0.3) is 0 Å². The molecule has 0 aliphatic heterocycles. The zero-order chi connectivity index (χ0) is 12.1. The maximum atomic E-state index is 11.6. The Morgan fingerprint density at radius 1 is 1.25 bits per heavy atom. The second-order valence-corrected chi connectivity index (χ2v) is 3.52. The van der Waals surface area contributed by atoms with Crippen molar-refractivity contribution in [3.8, 4) is 5.75 Å². The van der Waals surface area contributed by atoms with E-state index in [9.17, 15) is 9.59 Å². The minimum atomic E-state index is -0.791. The Balaban J connectivity index is 2.53. The van der Waals surface area contributed by atoms with E-state index in [1.54, 1.807) is 0 Å². The van der Waals surface area contributed by atoms with E-state index < -0.39 is 11.9 Å². The Labute approximate surface area is 93.1 Å². The Hall–Kier alpha value is -1.88. The zero-order valence-electron chi connectivity index (χ0n) is 8.72. The van der Waals surface area contributed by atoms with Crippen LogP contribution in [0.25, 0.3) is 0 Å². The van der Waals surface area contributed by atoms with Crippen LogP contribution in [-0.2, 0) is 4.79 Å². The summed E-state index contributed by atoms with van der Waals surface area (Å²) in [6.07, 6.45) is 0.393. The number of hydrogen-bond acceptors (Lipinski definition) is 4. The fourth-order valence-corrected chi connectivity index (χ4v) is 1.22. The topological polar surface area (TPSA) is 106 Å². The Morgan fingerprint density at radius 3 is 2.31 bits per heavy atom. The van der Waals surface area contributed by atoms with E-state index in [1.807, 2.05) is 0 Å². The van der Waals surface area contributed by atoms with Gasteiger partial charge in [0, 0.05) is 12.0 Å². The Kier molecular flexibility index (Phi) is 4.02. The predicted molar refractivity (Wildman–Crippen MR) is 58.8 cm³/mol. The molecule has 0 unspecified atom stereocenters. The predicted octanol–water partition coefficient (Wildman–Crippen LogP) is 0.168. The molecular formula is C11H14N2O3. The van der Waals surface area contributed by atoms with Crippen molar-refractivity contribution in [2.45, 2.75) is 18.9 Å². The van der Waals surface area contributed by atoms with Gasteiger partial charge in [0.2, 0.25) is 5.91 Å². The van der Waals surface area contributed by atoms with E-state index in [4.69, 9.17) is 16.6 Å². The van der Waals surface area contributed by atoms with Gasteiger partial charge in [-0.2, -0.15) is 0 Å². The number of ketones is 1. The number of carbonyl (C=O) groups excluding carboxylic acids is 2. The molecule has 5 heteroatoms. The number of hydrogen-bond donors (Lipinski definition) is 3. The molecule has 0 fully saturated rings. The summed E-state index contributed by atoms with van der Waals surface area (Å²) in [6, 6.07) is 5.12. The van der Waals surface area contributed by atoms with Crippen molar-refractivity contribution in [3.63, 3.8) is 0 Å². The first kappa shape index (κ1) is 12.2. The highest BCUT2D eigenvalue weighted by Gasteiger charge is 2.12. The first-order valence-electron chi connectivity index (χ1n) is 4.88. The van der Waals surface area contributed by atoms with Crippen LogP contribution >= 0.6 is 0 Å². The van der Waals surface area contributed by atoms with E-state index in [2.05, 4.69) is 0 Å².